The summed E-state index contributed by atoms with van der Waals surface area (Å²) in [6, 6.07) is 0.243. The Morgan fingerprint density at radius 3 is 2.47 bits per heavy atom. The molecule has 4 atom stereocenters. The van der Waals surface area contributed by atoms with Gasteiger partial charge in [0, 0.05) is 18.5 Å². The summed E-state index contributed by atoms with van der Waals surface area (Å²) in [5, 5.41) is 12.1. The zero-order chi connectivity index (χ0) is 14.0. The van der Waals surface area contributed by atoms with Gasteiger partial charge in [-0.25, -0.2) is 0 Å². The molecular formula is C14H24N2O3. The molecule has 0 aromatic heterocycles. The molecule has 2 aliphatic rings. The molecule has 1 saturated carbocycles. The number of carbonyl (C=O) groups excluding carboxylic acids is 1. The first-order valence-corrected chi connectivity index (χ1v) is 7.19. The number of hydrogen-bond acceptors (Lipinski definition) is 3. The zero-order valence-electron chi connectivity index (χ0n) is 11.8. The molecule has 0 aromatic carbocycles. The minimum atomic E-state index is -0.761. The molecule has 19 heavy (non-hydrogen) atoms. The smallest absolute Gasteiger partial charge is 0.306 e. The molecule has 0 radical (unpaired) electrons. The van der Waals surface area contributed by atoms with Crippen molar-refractivity contribution < 1.29 is 14.7 Å². The van der Waals surface area contributed by atoms with E-state index < -0.39 is 5.97 Å². The number of nitrogens with zero attached hydrogens (tertiary/aromatic N) is 1. The quantitative estimate of drug-likeness (QED) is 0.799. The fourth-order valence-corrected chi connectivity index (χ4v) is 3.31. The predicted molar refractivity (Wildman–Crippen MR) is 71.7 cm³/mol. The van der Waals surface area contributed by atoms with E-state index >= 15 is 0 Å². The SMILES string of the molecule is CC1CN(C)CCC1NC(=O)C1CCC(C(=O)O)C1. The van der Waals surface area contributed by atoms with Gasteiger partial charge in [-0.1, -0.05) is 6.92 Å². The van der Waals surface area contributed by atoms with Crippen LogP contribution in [0.15, 0.2) is 0 Å². The number of carboxylic acid groups (broad SMARTS) is 1. The molecule has 2 fully saturated rings. The Morgan fingerprint density at radius 2 is 1.89 bits per heavy atom. The molecule has 0 bridgehead atoms. The maximum absolute atomic E-state index is 12.2. The van der Waals surface area contributed by atoms with Crippen LogP contribution in [-0.4, -0.2) is 48.1 Å². The maximum Gasteiger partial charge on any atom is 0.306 e. The molecule has 5 heteroatoms. The standard InChI is InChI=1S/C14H24N2O3/c1-9-8-16(2)6-5-12(9)15-13(17)10-3-4-11(7-10)14(18)19/h9-12H,3-8H2,1-2H3,(H,15,17)(H,18,19). The van der Waals surface area contributed by atoms with Gasteiger partial charge in [-0.15, -0.1) is 0 Å². The van der Waals surface area contributed by atoms with Gasteiger partial charge in [-0.3, -0.25) is 9.59 Å². The van der Waals surface area contributed by atoms with E-state index in [0.717, 1.165) is 19.5 Å². The van der Waals surface area contributed by atoms with Crippen LogP contribution in [0.25, 0.3) is 0 Å². The van der Waals surface area contributed by atoms with E-state index in [9.17, 15) is 9.59 Å². The first-order valence-electron chi connectivity index (χ1n) is 7.19. The van der Waals surface area contributed by atoms with Crippen LogP contribution in [0, 0.1) is 17.8 Å². The zero-order valence-corrected chi connectivity index (χ0v) is 11.8. The lowest BCUT2D eigenvalue weighted by Crippen LogP contribution is -2.50. The van der Waals surface area contributed by atoms with Crippen molar-refractivity contribution in [3.63, 3.8) is 0 Å². The minimum Gasteiger partial charge on any atom is -0.481 e. The fraction of sp³-hybridized carbons (Fsp3) is 0.857. The molecule has 108 valence electrons. The van der Waals surface area contributed by atoms with E-state index in [0.29, 0.717) is 25.2 Å². The summed E-state index contributed by atoms with van der Waals surface area (Å²) in [6.07, 6.45) is 2.83. The Balaban J connectivity index is 1.83. The average Bonchev–Trinajstić information content (AvgIpc) is 2.82. The lowest BCUT2D eigenvalue weighted by molar-refractivity contribution is -0.141. The second-order valence-corrected chi connectivity index (χ2v) is 6.19. The summed E-state index contributed by atoms with van der Waals surface area (Å²) < 4.78 is 0. The lowest BCUT2D eigenvalue weighted by atomic mass is 9.93. The van der Waals surface area contributed by atoms with Crippen molar-refractivity contribution in [3.8, 4) is 0 Å². The summed E-state index contributed by atoms with van der Waals surface area (Å²) >= 11 is 0. The van der Waals surface area contributed by atoms with Crippen LogP contribution in [0.5, 0.6) is 0 Å². The third-order valence-electron chi connectivity index (χ3n) is 4.59. The summed E-state index contributed by atoms with van der Waals surface area (Å²) in [4.78, 5) is 25.4. The molecular weight excluding hydrogens is 244 g/mol. The Morgan fingerprint density at radius 1 is 1.21 bits per heavy atom. The molecule has 0 aromatic rings. The van der Waals surface area contributed by atoms with Crippen LogP contribution in [0.2, 0.25) is 0 Å². The lowest BCUT2D eigenvalue weighted by Gasteiger charge is -2.35. The number of carbonyl (C=O) groups is 2. The van der Waals surface area contributed by atoms with Crippen molar-refractivity contribution in [2.75, 3.05) is 20.1 Å². The predicted octanol–water partition coefficient (Wildman–Crippen LogP) is 0.944. The minimum absolute atomic E-state index is 0.0603. The number of nitrogens with one attached hydrogen (secondary N) is 1. The first-order chi connectivity index (χ1) is 8.97. The van der Waals surface area contributed by atoms with Crippen molar-refractivity contribution in [1.29, 1.82) is 0 Å². The number of hydrogen-bond donors (Lipinski definition) is 2. The third-order valence-corrected chi connectivity index (χ3v) is 4.59. The molecule has 0 spiro atoms. The fourth-order valence-electron chi connectivity index (χ4n) is 3.31. The van der Waals surface area contributed by atoms with Gasteiger partial charge in [-0.2, -0.15) is 0 Å². The molecule has 2 N–H and O–H groups in total. The topological polar surface area (TPSA) is 69.6 Å². The molecule has 1 saturated heterocycles. The van der Waals surface area contributed by atoms with Crippen LogP contribution in [0.4, 0.5) is 0 Å². The number of rotatable bonds is 3. The number of likely N-dealkylation sites (tertiary alicyclic amines) is 1. The van der Waals surface area contributed by atoms with Crippen molar-refractivity contribution in [1.82, 2.24) is 10.2 Å². The largest absolute Gasteiger partial charge is 0.481 e. The molecule has 1 aliphatic heterocycles. The van der Waals surface area contributed by atoms with Gasteiger partial charge >= 0.3 is 5.97 Å². The third kappa shape index (κ3) is 3.47. The highest BCUT2D eigenvalue weighted by atomic mass is 16.4. The van der Waals surface area contributed by atoms with E-state index in [1.54, 1.807) is 0 Å². The number of piperidine rings is 1. The Labute approximate surface area is 114 Å². The monoisotopic (exact) mass is 268 g/mol. The molecule has 5 nitrogen and oxygen atoms in total. The highest BCUT2D eigenvalue weighted by Crippen LogP contribution is 2.31. The second kappa shape index (κ2) is 5.90. The Hall–Kier alpha value is -1.10. The van der Waals surface area contributed by atoms with Crippen LogP contribution < -0.4 is 5.32 Å². The maximum atomic E-state index is 12.2. The van der Waals surface area contributed by atoms with Crippen molar-refractivity contribution >= 4 is 11.9 Å². The molecule has 4 unspecified atom stereocenters. The normalized spacial score (nSPS) is 36.1. The molecule has 1 heterocycles. The van der Waals surface area contributed by atoms with E-state index in [2.05, 4.69) is 24.2 Å². The Kier molecular flexibility index (Phi) is 4.45. The summed E-state index contributed by atoms with van der Waals surface area (Å²) in [6.45, 7) is 4.18. The van der Waals surface area contributed by atoms with E-state index in [1.165, 1.54) is 0 Å². The van der Waals surface area contributed by atoms with E-state index in [4.69, 9.17) is 5.11 Å². The van der Waals surface area contributed by atoms with Crippen LogP contribution in [0.3, 0.4) is 0 Å². The van der Waals surface area contributed by atoms with Crippen molar-refractivity contribution in [2.45, 2.75) is 38.6 Å². The summed E-state index contributed by atoms with van der Waals surface area (Å²) in [5.41, 5.74) is 0. The summed E-state index contributed by atoms with van der Waals surface area (Å²) in [7, 11) is 2.10. The van der Waals surface area contributed by atoms with Crippen LogP contribution >= 0.6 is 0 Å². The number of aliphatic carboxylic acids is 1. The average molecular weight is 268 g/mol. The molecule has 1 amide bonds. The summed E-state index contributed by atoms with van der Waals surface area (Å²) in [5.74, 6) is -0.675. The van der Waals surface area contributed by atoms with Gasteiger partial charge in [0.1, 0.15) is 0 Å². The van der Waals surface area contributed by atoms with Gasteiger partial charge < -0.3 is 15.3 Å². The number of carboxylic acids is 1. The van der Waals surface area contributed by atoms with E-state index in [1.807, 2.05) is 0 Å². The van der Waals surface area contributed by atoms with Gasteiger partial charge in [0.25, 0.3) is 0 Å². The van der Waals surface area contributed by atoms with Gasteiger partial charge in [0.2, 0.25) is 5.91 Å². The Bertz CT molecular complexity index is 359. The highest BCUT2D eigenvalue weighted by Gasteiger charge is 2.35. The molecule has 2 rings (SSSR count). The van der Waals surface area contributed by atoms with Gasteiger partial charge in [-0.05, 0) is 45.2 Å². The van der Waals surface area contributed by atoms with Crippen LogP contribution in [-0.2, 0) is 9.59 Å². The van der Waals surface area contributed by atoms with Gasteiger partial charge in [0.15, 0.2) is 0 Å². The van der Waals surface area contributed by atoms with Gasteiger partial charge in [0.05, 0.1) is 5.92 Å². The van der Waals surface area contributed by atoms with Crippen LogP contribution in [0.1, 0.15) is 32.6 Å². The molecule has 1 aliphatic carbocycles. The number of amides is 1. The second-order valence-electron chi connectivity index (χ2n) is 6.19. The first kappa shape index (κ1) is 14.3. The van der Waals surface area contributed by atoms with Crippen molar-refractivity contribution in [2.24, 2.45) is 17.8 Å². The van der Waals surface area contributed by atoms with Crippen molar-refractivity contribution in [3.05, 3.63) is 0 Å². The highest BCUT2D eigenvalue weighted by molar-refractivity contribution is 5.81. The van der Waals surface area contributed by atoms with E-state index in [-0.39, 0.29) is 23.8 Å².